The molecule has 1 aromatic rings. The average Bonchev–Trinajstić information content (AvgIpc) is 2.61. The van der Waals surface area contributed by atoms with E-state index in [1.165, 1.54) is 0 Å². The summed E-state index contributed by atoms with van der Waals surface area (Å²) in [5.41, 5.74) is 1.26. The minimum absolute atomic E-state index is 0.220. The van der Waals surface area contributed by atoms with Crippen molar-refractivity contribution in [3.8, 4) is 5.75 Å². The van der Waals surface area contributed by atoms with E-state index in [1.807, 2.05) is 41.5 Å². The Labute approximate surface area is 141 Å². The number of nitrogens with zero attached hydrogens (tertiary/aromatic N) is 1. The van der Waals surface area contributed by atoms with Crippen molar-refractivity contribution in [3.63, 3.8) is 0 Å². The van der Waals surface area contributed by atoms with Crippen molar-refractivity contribution in [2.24, 2.45) is 0 Å². The Balaban J connectivity index is 2.73. The van der Waals surface area contributed by atoms with E-state index in [4.69, 9.17) is 0 Å². The highest BCUT2D eigenvalue weighted by Crippen LogP contribution is 2.43. The molecule has 2 amide bonds. The van der Waals surface area contributed by atoms with Gasteiger partial charge in [0.05, 0.1) is 10.6 Å². The van der Waals surface area contributed by atoms with Crippen molar-refractivity contribution in [2.45, 2.75) is 52.4 Å². The maximum Gasteiger partial charge on any atom is 0.298 e. The van der Waals surface area contributed by atoms with Crippen LogP contribution in [0.3, 0.4) is 0 Å². The van der Waals surface area contributed by atoms with Gasteiger partial charge < -0.3 is 5.11 Å². The molecule has 0 bridgehead atoms. The standard InChI is InChI=1S/C18H23NO3S/c1-10-15(21)19(16(22)23-10)11-8-12(17(2,3)4)14(20)13(9-11)18(5,6)7/h8-9,20H,1H2,2-7H3. The van der Waals surface area contributed by atoms with Gasteiger partial charge in [0.2, 0.25) is 0 Å². The SMILES string of the molecule is C=C1SC(=O)N(c2cc(C(C)(C)C)c(O)c(C(C)(C)C)c2)C1=O. The van der Waals surface area contributed by atoms with Gasteiger partial charge in [-0.05, 0) is 34.7 Å². The van der Waals surface area contributed by atoms with E-state index in [9.17, 15) is 14.7 Å². The smallest absolute Gasteiger partial charge is 0.298 e. The Kier molecular flexibility index (Phi) is 4.14. The second-order valence-corrected chi connectivity index (χ2v) is 8.87. The topological polar surface area (TPSA) is 57.6 Å². The van der Waals surface area contributed by atoms with E-state index in [0.29, 0.717) is 16.8 Å². The fourth-order valence-corrected chi connectivity index (χ4v) is 3.19. The van der Waals surface area contributed by atoms with Crippen LogP contribution in [0.1, 0.15) is 52.7 Å². The lowest BCUT2D eigenvalue weighted by atomic mass is 9.79. The number of carbonyl (C=O) groups is 2. The number of thioether (sulfide) groups is 1. The van der Waals surface area contributed by atoms with Gasteiger partial charge in [0, 0.05) is 11.1 Å². The lowest BCUT2D eigenvalue weighted by Crippen LogP contribution is -2.29. The van der Waals surface area contributed by atoms with Gasteiger partial charge >= 0.3 is 0 Å². The van der Waals surface area contributed by atoms with Gasteiger partial charge in [-0.25, -0.2) is 4.90 Å². The zero-order chi connectivity index (χ0) is 17.7. The molecule has 0 spiro atoms. The molecule has 0 aromatic heterocycles. The summed E-state index contributed by atoms with van der Waals surface area (Å²) < 4.78 is 0. The predicted molar refractivity (Wildman–Crippen MR) is 95.1 cm³/mol. The van der Waals surface area contributed by atoms with Crippen LogP contribution in [0.15, 0.2) is 23.6 Å². The molecule has 2 rings (SSSR count). The Morgan fingerprint density at radius 2 is 1.43 bits per heavy atom. The number of amides is 2. The van der Waals surface area contributed by atoms with Gasteiger partial charge in [0.15, 0.2) is 0 Å². The number of aromatic hydroxyl groups is 1. The van der Waals surface area contributed by atoms with Gasteiger partial charge in [-0.1, -0.05) is 48.1 Å². The summed E-state index contributed by atoms with van der Waals surface area (Å²) in [6.45, 7) is 15.5. The van der Waals surface area contributed by atoms with Crippen LogP contribution in [0.2, 0.25) is 0 Å². The van der Waals surface area contributed by atoms with Crippen LogP contribution < -0.4 is 4.90 Å². The molecule has 0 radical (unpaired) electrons. The number of imide groups is 1. The van der Waals surface area contributed by atoms with Crippen molar-refractivity contribution >= 4 is 28.6 Å². The van der Waals surface area contributed by atoms with Gasteiger partial charge in [-0.2, -0.15) is 0 Å². The molecular weight excluding hydrogens is 310 g/mol. The third kappa shape index (κ3) is 3.15. The summed E-state index contributed by atoms with van der Waals surface area (Å²) in [5.74, 6) is -0.176. The third-order valence-corrected chi connectivity index (χ3v) is 4.58. The summed E-state index contributed by atoms with van der Waals surface area (Å²) in [5, 5.41) is 10.3. The zero-order valence-electron chi connectivity index (χ0n) is 14.5. The molecule has 1 N–H and O–H groups in total. The first-order chi connectivity index (χ1) is 10.3. The highest BCUT2D eigenvalue weighted by molar-refractivity contribution is 8.18. The van der Waals surface area contributed by atoms with Gasteiger partial charge in [0.1, 0.15) is 5.75 Å². The predicted octanol–water partition coefficient (Wildman–Crippen LogP) is 4.70. The van der Waals surface area contributed by atoms with E-state index in [1.54, 1.807) is 12.1 Å². The fourth-order valence-electron chi connectivity index (χ4n) is 2.52. The number of anilines is 1. The third-order valence-electron chi connectivity index (χ3n) is 3.80. The highest BCUT2D eigenvalue weighted by Gasteiger charge is 2.37. The molecule has 0 saturated carbocycles. The minimum atomic E-state index is -0.398. The number of carbonyl (C=O) groups excluding carboxylic acids is 2. The van der Waals surface area contributed by atoms with Crippen molar-refractivity contribution in [1.29, 1.82) is 0 Å². The second kappa shape index (κ2) is 5.41. The number of hydrogen-bond donors (Lipinski definition) is 1. The van der Waals surface area contributed by atoms with Gasteiger partial charge in [-0.3, -0.25) is 9.59 Å². The Morgan fingerprint density at radius 3 is 1.74 bits per heavy atom. The first kappa shape index (κ1) is 17.6. The summed E-state index contributed by atoms with van der Waals surface area (Å²) in [4.78, 5) is 25.7. The summed E-state index contributed by atoms with van der Waals surface area (Å²) in [6, 6.07) is 3.44. The molecule has 1 aromatic carbocycles. The summed E-state index contributed by atoms with van der Waals surface area (Å²) in [6.07, 6.45) is 0. The monoisotopic (exact) mass is 333 g/mol. The number of rotatable bonds is 1. The molecule has 4 nitrogen and oxygen atoms in total. The number of benzene rings is 1. The van der Waals surface area contributed by atoms with Crippen LogP contribution >= 0.6 is 11.8 Å². The maximum atomic E-state index is 12.2. The van der Waals surface area contributed by atoms with E-state index in [2.05, 4.69) is 6.58 Å². The Bertz CT molecular complexity index is 673. The van der Waals surface area contributed by atoms with Crippen LogP contribution in [0.5, 0.6) is 5.75 Å². The van der Waals surface area contributed by atoms with Crippen molar-refractivity contribution in [2.75, 3.05) is 4.90 Å². The van der Waals surface area contributed by atoms with Crippen LogP contribution in [-0.4, -0.2) is 16.3 Å². The Morgan fingerprint density at radius 1 is 1.00 bits per heavy atom. The van der Waals surface area contributed by atoms with Gasteiger partial charge in [-0.15, -0.1) is 0 Å². The van der Waals surface area contributed by atoms with Gasteiger partial charge in [0.25, 0.3) is 11.1 Å². The molecule has 1 fully saturated rings. The maximum absolute atomic E-state index is 12.2. The largest absolute Gasteiger partial charge is 0.507 e. The number of phenols is 1. The van der Waals surface area contributed by atoms with Crippen LogP contribution in [0, 0.1) is 0 Å². The lowest BCUT2D eigenvalue weighted by Gasteiger charge is -2.29. The summed E-state index contributed by atoms with van der Waals surface area (Å²) >= 11 is 0.843. The molecule has 1 saturated heterocycles. The number of hydrogen-bond acceptors (Lipinski definition) is 4. The van der Waals surface area contributed by atoms with Crippen molar-refractivity contribution in [3.05, 3.63) is 34.7 Å². The van der Waals surface area contributed by atoms with E-state index in [-0.39, 0.29) is 26.7 Å². The molecule has 0 aliphatic carbocycles. The van der Waals surface area contributed by atoms with Crippen LogP contribution in [0.25, 0.3) is 0 Å². The molecule has 1 heterocycles. The minimum Gasteiger partial charge on any atom is -0.507 e. The van der Waals surface area contributed by atoms with Crippen molar-refractivity contribution < 1.29 is 14.7 Å². The molecule has 5 heteroatoms. The molecule has 1 aliphatic rings. The normalized spacial score (nSPS) is 16.4. The molecule has 0 atom stereocenters. The molecule has 0 unspecified atom stereocenters. The average molecular weight is 333 g/mol. The first-order valence-electron chi connectivity index (χ1n) is 7.47. The van der Waals surface area contributed by atoms with E-state index >= 15 is 0 Å². The first-order valence-corrected chi connectivity index (χ1v) is 8.29. The molecule has 124 valence electrons. The second-order valence-electron chi connectivity index (χ2n) is 7.82. The quantitative estimate of drug-likeness (QED) is 0.757. The van der Waals surface area contributed by atoms with Crippen LogP contribution in [0.4, 0.5) is 10.5 Å². The van der Waals surface area contributed by atoms with E-state index in [0.717, 1.165) is 16.7 Å². The molecule has 1 aliphatic heterocycles. The molecular formula is C18H23NO3S. The fraction of sp³-hybridized carbons (Fsp3) is 0.444. The van der Waals surface area contributed by atoms with E-state index < -0.39 is 5.91 Å². The zero-order valence-corrected chi connectivity index (χ0v) is 15.3. The highest BCUT2D eigenvalue weighted by atomic mass is 32.2. The van der Waals surface area contributed by atoms with Crippen LogP contribution in [-0.2, 0) is 15.6 Å². The van der Waals surface area contributed by atoms with Crippen molar-refractivity contribution in [1.82, 2.24) is 0 Å². The lowest BCUT2D eigenvalue weighted by molar-refractivity contribution is -0.113. The molecule has 23 heavy (non-hydrogen) atoms. The summed E-state index contributed by atoms with van der Waals surface area (Å²) in [7, 11) is 0. The Hall–Kier alpha value is -1.75. The number of phenolic OH excluding ortho intramolecular Hbond substituents is 1.